The van der Waals surface area contributed by atoms with Crippen molar-refractivity contribution in [1.29, 1.82) is 0 Å². The van der Waals surface area contributed by atoms with E-state index in [1.807, 2.05) is 19.1 Å². The lowest BCUT2D eigenvalue weighted by molar-refractivity contribution is 0.492. The van der Waals surface area contributed by atoms with Gasteiger partial charge in [-0.15, -0.1) is 0 Å². The second-order valence-corrected chi connectivity index (χ2v) is 2.52. The van der Waals surface area contributed by atoms with E-state index in [2.05, 4.69) is 20.7 Å². The third-order valence-electron chi connectivity index (χ3n) is 1.22. The van der Waals surface area contributed by atoms with Crippen LogP contribution in [0.15, 0.2) is 12.3 Å². The minimum atomic E-state index is 0.613. The van der Waals surface area contributed by atoms with Crippen molar-refractivity contribution in [2.75, 3.05) is 31.9 Å². The molecule has 0 aliphatic rings. The summed E-state index contributed by atoms with van der Waals surface area (Å²) < 4.78 is 0. The Hall–Kier alpha value is -1.36. The Morgan fingerprint density at radius 3 is 2.75 bits per heavy atom. The SMILES string of the molecule is CNc1nccc(NN(C)C)n1. The Morgan fingerprint density at radius 2 is 2.17 bits per heavy atom. The summed E-state index contributed by atoms with van der Waals surface area (Å²) in [7, 11) is 5.59. The fraction of sp³-hybridized carbons (Fsp3) is 0.429. The lowest BCUT2D eigenvalue weighted by Crippen LogP contribution is -2.20. The van der Waals surface area contributed by atoms with Gasteiger partial charge in [-0.2, -0.15) is 4.98 Å². The van der Waals surface area contributed by atoms with Gasteiger partial charge >= 0.3 is 0 Å². The van der Waals surface area contributed by atoms with Gasteiger partial charge in [-0.05, 0) is 0 Å². The van der Waals surface area contributed by atoms with Gasteiger partial charge in [-0.1, -0.05) is 0 Å². The highest BCUT2D eigenvalue weighted by Gasteiger charge is 1.95. The first-order valence-electron chi connectivity index (χ1n) is 3.67. The molecule has 0 amide bonds. The molecule has 0 aliphatic carbocycles. The number of nitrogens with zero attached hydrogens (tertiary/aromatic N) is 3. The lowest BCUT2D eigenvalue weighted by Gasteiger charge is -2.12. The zero-order chi connectivity index (χ0) is 8.97. The highest BCUT2D eigenvalue weighted by molar-refractivity contribution is 5.37. The molecule has 0 spiro atoms. The molecule has 0 aliphatic heterocycles. The summed E-state index contributed by atoms with van der Waals surface area (Å²) in [5, 5.41) is 4.68. The lowest BCUT2D eigenvalue weighted by atomic mass is 10.6. The van der Waals surface area contributed by atoms with Crippen LogP contribution >= 0.6 is 0 Å². The van der Waals surface area contributed by atoms with E-state index in [1.54, 1.807) is 19.3 Å². The van der Waals surface area contributed by atoms with Gasteiger partial charge < -0.3 is 10.7 Å². The number of anilines is 2. The first-order valence-corrected chi connectivity index (χ1v) is 3.67. The molecule has 0 fully saturated rings. The van der Waals surface area contributed by atoms with Crippen molar-refractivity contribution < 1.29 is 0 Å². The van der Waals surface area contributed by atoms with Crippen LogP contribution in [0.4, 0.5) is 11.8 Å². The predicted octanol–water partition coefficient (Wildman–Crippen LogP) is 0.407. The number of hydrogen-bond donors (Lipinski definition) is 2. The van der Waals surface area contributed by atoms with E-state index in [9.17, 15) is 0 Å². The number of aromatic nitrogens is 2. The Kier molecular flexibility index (Phi) is 2.82. The molecule has 1 aromatic rings. The topological polar surface area (TPSA) is 53.1 Å². The predicted molar refractivity (Wildman–Crippen MR) is 48.9 cm³/mol. The molecule has 1 aromatic heterocycles. The number of hydrazine groups is 1. The van der Waals surface area contributed by atoms with E-state index < -0.39 is 0 Å². The van der Waals surface area contributed by atoms with E-state index >= 15 is 0 Å². The molecule has 0 saturated heterocycles. The van der Waals surface area contributed by atoms with Gasteiger partial charge in [-0.25, -0.2) is 9.99 Å². The second kappa shape index (κ2) is 3.87. The molecule has 12 heavy (non-hydrogen) atoms. The first-order chi connectivity index (χ1) is 5.72. The van der Waals surface area contributed by atoms with Gasteiger partial charge in [0, 0.05) is 33.4 Å². The van der Waals surface area contributed by atoms with Crippen LogP contribution in [0.25, 0.3) is 0 Å². The van der Waals surface area contributed by atoms with Crippen LogP contribution in [0, 0.1) is 0 Å². The van der Waals surface area contributed by atoms with Crippen molar-refractivity contribution in [2.45, 2.75) is 0 Å². The molecule has 66 valence electrons. The average molecular weight is 167 g/mol. The van der Waals surface area contributed by atoms with Gasteiger partial charge in [-0.3, -0.25) is 0 Å². The van der Waals surface area contributed by atoms with Crippen molar-refractivity contribution >= 4 is 11.8 Å². The highest BCUT2D eigenvalue weighted by atomic mass is 15.5. The molecule has 5 heteroatoms. The minimum absolute atomic E-state index is 0.613. The van der Waals surface area contributed by atoms with Crippen LogP contribution in [-0.2, 0) is 0 Å². The number of nitrogens with one attached hydrogen (secondary N) is 2. The quantitative estimate of drug-likeness (QED) is 0.638. The molecule has 0 aromatic carbocycles. The first kappa shape index (κ1) is 8.73. The molecular weight excluding hydrogens is 154 g/mol. The van der Waals surface area contributed by atoms with E-state index in [-0.39, 0.29) is 0 Å². The van der Waals surface area contributed by atoms with Crippen molar-refractivity contribution in [2.24, 2.45) is 0 Å². The van der Waals surface area contributed by atoms with Crippen molar-refractivity contribution in [3.8, 4) is 0 Å². The maximum atomic E-state index is 4.16. The summed E-state index contributed by atoms with van der Waals surface area (Å²) >= 11 is 0. The van der Waals surface area contributed by atoms with Gasteiger partial charge in [0.1, 0.15) is 5.82 Å². The van der Waals surface area contributed by atoms with Crippen LogP contribution < -0.4 is 10.7 Å². The zero-order valence-corrected chi connectivity index (χ0v) is 7.50. The number of rotatable bonds is 3. The van der Waals surface area contributed by atoms with Crippen LogP contribution in [0.3, 0.4) is 0 Å². The highest BCUT2D eigenvalue weighted by Crippen LogP contribution is 2.04. The number of hydrogen-bond acceptors (Lipinski definition) is 5. The molecule has 0 bridgehead atoms. The molecule has 2 N–H and O–H groups in total. The van der Waals surface area contributed by atoms with Gasteiger partial charge in [0.25, 0.3) is 0 Å². The summed E-state index contributed by atoms with van der Waals surface area (Å²) in [6.07, 6.45) is 1.70. The summed E-state index contributed by atoms with van der Waals surface area (Å²) in [5.74, 6) is 1.39. The maximum Gasteiger partial charge on any atom is 0.224 e. The van der Waals surface area contributed by atoms with Crippen molar-refractivity contribution in [1.82, 2.24) is 15.0 Å². The van der Waals surface area contributed by atoms with Gasteiger partial charge in [0.15, 0.2) is 0 Å². The van der Waals surface area contributed by atoms with Crippen LogP contribution in [0.5, 0.6) is 0 Å². The van der Waals surface area contributed by atoms with Crippen LogP contribution in [0.1, 0.15) is 0 Å². The Morgan fingerprint density at radius 1 is 1.42 bits per heavy atom. The van der Waals surface area contributed by atoms with E-state index in [0.29, 0.717) is 5.95 Å². The summed E-state index contributed by atoms with van der Waals surface area (Å²) in [4.78, 5) is 8.14. The van der Waals surface area contributed by atoms with E-state index in [1.165, 1.54) is 0 Å². The second-order valence-electron chi connectivity index (χ2n) is 2.52. The fourth-order valence-corrected chi connectivity index (χ4v) is 0.771. The minimum Gasteiger partial charge on any atom is -0.357 e. The Bertz CT molecular complexity index is 247. The largest absolute Gasteiger partial charge is 0.357 e. The third-order valence-corrected chi connectivity index (χ3v) is 1.22. The van der Waals surface area contributed by atoms with Crippen molar-refractivity contribution in [3.63, 3.8) is 0 Å². The zero-order valence-electron chi connectivity index (χ0n) is 7.50. The van der Waals surface area contributed by atoms with Crippen LogP contribution in [0.2, 0.25) is 0 Å². The van der Waals surface area contributed by atoms with Gasteiger partial charge in [0.2, 0.25) is 5.95 Å². The van der Waals surface area contributed by atoms with Crippen molar-refractivity contribution in [3.05, 3.63) is 12.3 Å². The monoisotopic (exact) mass is 167 g/mol. The van der Waals surface area contributed by atoms with E-state index in [4.69, 9.17) is 0 Å². The fourth-order valence-electron chi connectivity index (χ4n) is 0.771. The molecule has 1 rings (SSSR count). The molecule has 5 nitrogen and oxygen atoms in total. The summed E-state index contributed by atoms with van der Waals surface area (Å²) in [6.45, 7) is 0. The summed E-state index contributed by atoms with van der Waals surface area (Å²) in [6, 6.07) is 1.81. The normalized spacial score (nSPS) is 10.0. The Labute approximate surface area is 71.8 Å². The molecule has 1 heterocycles. The molecule has 0 radical (unpaired) electrons. The summed E-state index contributed by atoms with van der Waals surface area (Å²) in [5.41, 5.74) is 3.02. The maximum absolute atomic E-state index is 4.16. The average Bonchev–Trinajstić information content (AvgIpc) is 2.03. The van der Waals surface area contributed by atoms with E-state index in [0.717, 1.165) is 5.82 Å². The standard InChI is InChI=1S/C7H13N5/c1-8-7-9-5-4-6(10-7)11-12(2)3/h4-5H,1-3H3,(H2,8,9,10,11). The van der Waals surface area contributed by atoms with Gasteiger partial charge in [0.05, 0.1) is 0 Å². The smallest absolute Gasteiger partial charge is 0.224 e. The third kappa shape index (κ3) is 2.35. The van der Waals surface area contributed by atoms with Crippen LogP contribution in [-0.4, -0.2) is 36.1 Å². The molecular formula is C7H13N5. The Balaban J connectivity index is 2.72. The molecule has 0 saturated carbocycles. The molecule has 0 unspecified atom stereocenters. The molecule has 0 atom stereocenters.